The van der Waals surface area contributed by atoms with E-state index >= 15 is 0 Å². The molecule has 0 rings (SSSR count). The number of hydrogen-bond acceptors (Lipinski definition) is 6. The average Bonchev–Trinajstić information content (AvgIpc) is 3.29. The molecular formula is C58H100O6. The van der Waals surface area contributed by atoms with E-state index in [1.807, 2.05) is 0 Å². The Morgan fingerprint density at radius 1 is 0.312 bits per heavy atom. The lowest BCUT2D eigenvalue weighted by Gasteiger charge is -2.18. The van der Waals surface area contributed by atoms with Crippen molar-refractivity contribution in [2.24, 2.45) is 0 Å². The fourth-order valence-electron chi connectivity index (χ4n) is 7.36. The van der Waals surface area contributed by atoms with Crippen molar-refractivity contribution in [3.8, 4) is 0 Å². The Hall–Kier alpha value is -3.15. The summed E-state index contributed by atoms with van der Waals surface area (Å²) in [5.74, 6) is -1.01. The average molecular weight is 893 g/mol. The lowest BCUT2D eigenvalue weighted by molar-refractivity contribution is -0.167. The van der Waals surface area contributed by atoms with Crippen LogP contribution in [0.15, 0.2) is 72.9 Å². The van der Waals surface area contributed by atoms with Gasteiger partial charge in [-0.3, -0.25) is 14.4 Å². The molecule has 0 aromatic rings. The zero-order valence-electron chi connectivity index (χ0n) is 42.0. The number of carbonyl (C=O) groups is 3. The molecule has 0 N–H and O–H groups in total. The summed E-state index contributed by atoms with van der Waals surface area (Å²) < 4.78 is 16.7. The Labute approximate surface area is 395 Å². The highest BCUT2D eigenvalue weighted by atomic mass is 16.6. The fraction of sp³-hybridized carbons (Fsp3) is 0.741. The van der Waals surface area contributed by atoms with Crippen molar-refractivity contribution in [1.82, 2.24) is 0 Å². The normalized spacial score (nSPS) is 12.6. The van der Waals surface area contributed by atoms with Gasteiger partial charge in [0, 0.05) is 19.3 Å². The predicted octanol–water partition coefficient (Wildman–Crippen LogP) is 17.8. The molecule has 1 atom stereocenters. The fourth-order valence-corrected chi connectivity index (χ4v) is 7.36. The second-order valence-electron chi connectivity index (χ2n) is 17.8. The van der Waals surface area contributed by atoms with E-state index in [1.165, 1.54) is 148 Å². The molecule has 0 spiro atoms. The quantitative estimate of drug-likeness (QED) is 0.0262. The van der Waals surface area contributed by atoms with Crippen molar-refractivity contribution < 1.29 is 28.6 Å². The number of esters is 3. The second kappa shape index (κ2) is 52.5. The van der Waals surface area contributed by atoms with Crippen LogP contribution in [0.2, 0.25) is 0 Å². The third kappa shape index (κ3) is 49.9. The Morgan fingerprint density at radius 3 is 0.938 bits per heavy atom. The zero-order valence-corrected chi connectivity index (χ0v) is 42.0. The van der Waals surface area contributed by atoms with Crippen LogP contribution in [0.1, 0.15) is 258 Å². The molecular weight excluding hydrogens is 793 g/mol. The highest BCUT2D eigenvalue weighted by Crippen LogP contribution is 2.14. The molecule has 6 nitrogen and oxygen atoms in total. The molecule has 6 heteroatoms. The van der Waals surface area contributed by atoms with Gasteiger partial charge in [0.1, 0.15) is 13.2 Å². The third-order valence-electron chi connectivity index (χ3n) is 11.4. The van der Waals surface area contributed by atoms with E-state index in [2.05, 4.69) is 93.7 Å². The molecule has 0 radical (unpaired) electrons. The maximum Gasteiger partial charge on any atom is 0.306 e. The molecule has 0 heterocycles. The van der Waals surface area contributed by atoms with Gasteiger partial charge in [-0.1, -0.05) is 229 Å². The minimum absolute atomic E-state index is 0.109. The molecule has 0 aliphatic heterocycles. The van der Waals surface area contributed by atoms with Crippen LogP contribution in [0, 0.1) is 0 Å². The summed E-state index contributed by atoms with van der Waals surface area (Å²) >= 11 is 0. The SMILES string of the molecule is CCCCCCCC/C=C\C/C=C\C/C=C\CCCC(=O)OC[C@H](COC(=O)CCCCCCCCCCCCCC)OC(=O)CCC/C=C\C/C=C\C/C=C\CCCCCCCC. The summed E-state index contributed by atoms with van der Waals surface area (Å²) in [6, 6.07) is 0. The molecule has 0 fully saturated rings. The van der Waals surface area contributed by atoms with Gasteiger partial charge >= 0.3 is 17.9 Å². The van der Waals surface area contributed by atoms with Crippen LogP contribution in [0.4, 0.5) is 0 Å². The van der Waals surface area contributed by atoms with E-state index < -0.39 is 6.10 Å². The van der Waals surface area contributed by atoms with Crippen LogP contribution in [0.5, 0.6) is 0 Å². The Kier molecular flexibility index (Phi) is 49.9. The van der Waals surface area contributed by atoms with Crippen LogP contribution < -0.4 is 0 Å². The van der Waals surface area contributed by atoms with Crippen LogP contribution in [-0.4, -0.2) is 37.2 Å². The van der Waals surface area contributed by atoms with E-state index in [0.717, 1.165) is 57.8 Å². The van der Waals surface area contributed by atoms with E-state index in [0.29, 0.717) is 19.3 Å². The van der Waals surface area contributed by atoms with Gasteiger partial charge in [0.05, 0.1) is 0 Å². The van der Waals surface area contributed by atoms with Crippen molar-refractivity contribution >= 4 is 17.9 Å². The summed E-state index contributed by atoms with van der Waals surface area (Å²) in [5, 5.41) is 0. The lowest BCUT2D eigenvalue weighted by Crippen LogP contribution is -2.30. The van der Waals surface area contributed by atoms with E-state index in [-0.39, 0.29) is 44.0 Å². The van der Waals surface area contributed by atoms with Crippen molar-refractivity contribution in [2.75, 3.05) is 13.2 Å². The maximum atomic E-state index is 12.8. The van der Waals surface area contributed by atoms with E-state index in [1.54, 1.807) is 0 Å². The second-order valence-corrected chi connectivity index (χ2v) is 17.8. The molecule has 0 aliphatic carbocycles. The number of allylic oxidation sites excluding steroid dienone is 12. The molecule has 0 bridgehead atoms. The van der Waals surface area contributed by atoms with Crippen molar-refractivity contribution in [3.63, 3.8) is 0 Å². The summed E-state index contributed by atoms with van der Waals surface area (Å²) in [7, 11) is 0. The van der Waals surface area contributed by atoms with Crippen LogP contribution in [0.3, 0.4) is 0 Å². The largest absolute Gasteiger partial charge is 0.462 e. The topological polar surface area (TPSA) is 78.9 Å². The minimum atomic E-state index is -0.819. The first-order valence-electron chi connectivity index (χ1n) is 26.9. The number of hydrogen-bond donors (Lipinski definition) is 0. The van der Waals surface area contributed by atoms with Crippen LogP contribution in [0.25, 0.3) is 0 Å². The summed E-state index contributed by atoms with van der Waals surface area (Å²) in [5.41, 5.74) is 0. The summed E-state index contributed by atoms with van der Waals surface area (Å²) in [6.45, 7) is 6.54. The number of ether oxygens (including phenoxy) is 3. The van der Waals surface area contributed by atoms with Gasteiger partial charge in [-0.15, -0.1) is 0 Å². The van der Waals surface area contributed by atoms with Crippen LogP contribution in [-0.2, 0) is 28.6 Å². The van der Waals surface area contributed by atoms with Gasteiger partial charge in [0.15, 0.2) is 6.10 Å². The van der Waals surface area contributed by atoms with Gasteiger partial charge in [-0.25, -0.2) is 0 Å². The molecule has 368 valence electrons. The monoisotopic (exact) mass is 893 g/mol. The zero-order chi connectivity index (χ0) is 46.5. The number of carbonyl (C=O) groups excluding carboxylic acids is 3. The van der Waals surface area contributed by atoms with Crippen molar-refractivity contribution in [1.29, 1.82) is 0 Å². The van der Waals surface area contributed by atoms with Gasteiger partial charge in [-0.2, -0.15) is 0 Å². The van der Waals surface area contributed by atoms with Crippen molar-refractivity contribution in [3.05, 3.63) is 72.9 Å². The summed E-state index contributed by atoms with van der Waals surface area (Å²) in [4.78, 5) is 38.0. The van der Waals surface area contributed by atoms with Crippen LogP contribution >= 0.6 is 0 Å². The van der Waals surface area contributed by atoms with E-state index in [4.69, 9.17) is 14.2 Å². The van der Waals surface area contributed by atoms with Gasteiger partial charge in [0.25, 0.3) is 0 Å². The highest BCUT2D eigenvalue weighted by Gasteiger charge is 2.19. The van der Waals surface area contributed by atoms with Gasteiger partial charge < -0.3 is 14.2 Å². The Balaban J connectivity index is 4.52. The maximum absolute atomic E-state index is 12.8. The standard InChI is InChI=1S/C58H100O6/c1-4-7-10-13-16-19-22-25-27-29-31-33-36-39-42-45-48-51-57(60)63-54-55(53-62-56(59)50-47-44-41-38-35-24-21-18-15-12-9-6-3)64-58(61)52-49-46-43-40-37-34-32-30-28-26-23-20-17-14-11-8-5-2/h25-28,31-34,39-40,42-43,55H,4-24,29-30,35-38,41,44-54H2,1-3H3/b27-25-,28-26-,33-31-,34-32-,42-39-,43-40-/t55-/m0/s1. The van der Waals surface area contributed by atoms with E-state index in [9.17, 15) is 14.4 Å². The smallest absolute Gasteiger partial charge is 0.306 e. The Morgan fingerprint density at radius 2 is 0.578 bits per heavy atom. The first kappa shape index (κ1) is 60.9. The molecule has 0 saturated heterocycles. The molecule has 0 unspecified atom stereocenters. The van der Waals surface area contributed by atoms with Gasteiger partial charge in [-0.05, 0) is 83.5 Å². The number of rotatable bonds is 48. The molecule has 0 aromatic heterocycles. The molecule has 0 amide bonds. The predicted molar refractivity (Wildman–Crippen MR) is 274 cm³/mol. The first-order valence-corrected chi connectivity index (χ1v) is 26.9. The first-order chi connectivity index (χ1) is 31.5. The Bertz CT molecular complexity index is 1210. The molecule has 64 heavy (non-hydrogen) atoms. The molecule has 0 aliphatic rings. The third-order valence-corrected chi connectivity index (χ3v) is 11.4. The molecule has 0 aromatic carbocycles. The number of unbranched alkanes of at least 4 members (excludes halogenated alkanes) is 25. The van der Waals surface area contributed by atoms with Gasteiger partial charge in [0.2, 0.25) is 0 Å². The lowest BCUT2D eigenvalue weighted by atomic mass is 10.0. The van der Waals surface area contributed by atoms with Crippen molar-refractivity contribution in [2.45, 2.75) is 264 Å². The summed E-state index contributed by atoms with van der Waals surface area (Å²) in [6.07, 6.45) is 66.1. The molecule has 0 saturated carbocycles. The highest BCUT2D eigenvalue weighted by molar-refractivity contribution is 5.71. The minimum Gasteiger partial charge on any atom is -0.462 e.